The highest BCUT2D eigenvalue weighted by molar-refractivity contribution is 7.18. The number of benzene rings is 4. The van der Waals surface area contributed by atoms with Gasteiger partial charge in [0, 0.05) is 31.9 Å². The van der Waals surface area contributed by atoms with Gasteiger partial charge in [-0.2, -0.15) is 0 Å². The summed E-state index contributed by atoms with van der Waals surface area (Å²) >= 11 is 14.4. The molecule has 0 aliphatic heterocycles. The fourth-order valence-corrected chi connectivity index (χ4v) is 7.47. The van der Waals surface area contributed by atoms with Gasteiger partial charge in [0.2, 0.25) is 0 Å². The standard InChI is InChI=1S/2C18H11ClN2O2S/c2*19-12-6-8-13(9-7-12)21-17(22)16-15(20-18(21)23)14(10-24-16)11-4-2-1-3-5-11/h2*1-10H,(H,20,23). The summed E-state index contributed by atoms with van der Waals surface area (Å²) in [4.78, 5) is 56.3. The summed E-state index contributed by atoms with van der Waals surface area (Å²) in [5, 5.41) is 4.88. The summed E-state index contributed by atoms with van der Waals surface area (Å²) in [7, 11) is 0. The van der Waals surface area contributed by atoms with Crippen molar-refractivity contribution in [1.82, 2.24) is 19.1 Å². The first-order valence-electron chi connectivity index (χ1n) is 14.5. The second kappa shape index (κ2) is 13.1. The van der Waals surface area contributed by atoms with E-state index in [0.717, 1.165) is 31.4 Å². The van der Waals surface area contributed by atoms with E-state index in [1.165, 1.54) is 22.7 Å². The molecule has 0 saturated carbocycles. The Hall–Kier alpha value is -5.26. The molecule has 8 rings (SSSR count). The van der Waals surface area contributed by atoms with Crippen LogP contribution in [-0.2, 0) is 0 Å². The fraction of sp³-hybridized carbons (Fsp3) is 0. The molecule has 236 valence electrons. The van der Waals surface area contributed by atoms with Crippen LogP contribution in [0.4, 0.5) is 0 Å². The van der Waals surface area contributed by atoms with E-state index in [1.54, 1.807) is 48.5 Å². The van der Waals surface area contributed by atoms with E-state index >= 15 is 0 Å². The number of hydrogen-bond acceptors (Lipinski definition) is 6. The molecule has 4 heterocycles. The van der Waals surface area contributed by atoms with E-state index in [4.69, 9.17) is 23.2 Å². The highest BCUT2D eigenvalue weighted by Crippen LogP contribution is 2.31. The smallest absolute Gasteiger partial charge is 0.305 e. The molecule has 12 heteroatoms. The summed E-state index contributed by atoms with van der Waals surface area (Å²) in [6.45, 7) is 0. The highest BCUT2D eigenvalue weighted by atomic mass is 35.5. The first kappa shape index (κ1) is 31.3. The van der Waals surface area contributed by atoms with Gasteiger partial charge in [-0.15, -0.1) is 22.7 Å². The normalized spacial score (nSPS) is 11.0. The van der Waals surface area contributed by atoms with Gasteiger partial charge >= 0.3 is 11.4 Å². The summed E-state index contributed by atoms with van der Waals surface area (Å²) in [6.07, 6.45) is 0. The predicted octanol–water partition coefficient (Wildman–Crippen LogP) is 8.12. The zero-order chi connectivity index (χ0) is 33.4. The topological polar surface area (TPSA) is 110 Å². The maximum Gasteiger partial charge on any atom is 0.333 e. The second-order valence-corrected chi connectivity index (χ2v) is 13.2. The molecule has 8 aromatic rings. The van der Waals surface area contributed by atoms with Gasteiger partial charge in [0.15, 0.2) is 0 Å². The van der Waals surface area contributed by atoms with E-state index in [1.807, 2.05) is 71.4 Å². The van der Waals surface area contributed by atoms with Gasteiger partial charge in [0.05, 0.1) is 22.4 Å². The van der Waals surface area contributed by atoms with Crippen molar-refractivity contribution in [3.8, 4) is 33.6 Å². The molecule has 4 aromatic heterocycles. The molecule has 0 unspecified atom stereocenters. The molecule has 0 spiro atoms. The number of rotatable bonds is 4. The summed E-state index contributed by atoms with van der Waals surface area (Å²) in [6, 6.07) is 32.5. The summed E-state index contributed by atoms with van der Waals surface area (Å²) < 4.78 is 3.29. The molecule has 0 amide bonds. The van der Waals surface area contributed by atoms with Crippen molar-refractivity contribution in [3.05, 3.63) is 172 Å². The van der Waals surface area contributed by atoms with E-state index < -0.39 is 11.4 Å². The summed E-state index contributed by atoms with van der Waals surface area (Å²) in [5.74, 6) is 0. The van der Waals surface area contributed by atoms with Crippen LogP contribution >= 0.6 is 45.9 Å². The van der Waals surface area contributed by atoms with Crippen molar-refractivity contribution in [2.24, 2.45) is 0 Å². The number of hydrogen-bond donors (Lipinski definition) is 2. The summed E-state index contributed by atoms with van der Waals surface area (Å²) in [5.41, 5.74) is 4.16. The fourth-order valence-electron chi connectivity index (χ4n) is 5.30. The van der Waals surface area contributed by atoms with Crippen LogP contribution in [0.1, 0.15) is 0 Å². The van der Waals surface area contributed by atoms with Gasteiger partial charge in [0.25, 0.3) is 11.1 Å². The molecule has 0 radical (unpaired) electrons. The molecule has 0 bridgehead atoms. The lowest BCUT2D eigenvalue weighted by molar-refractivity contribution is 0.904. The number of thiophene rings is 2. The van der Waals surface area contributed by atoms with Crippen molar-refractivity contribution < 1.29 is 0 Å². The van der Waals surface area contributed by atoms with Crippen molar-refractivity contribution in [2.75, 3.05) is 0 Å². The van der Waals surface area contributed by atoms with Crippen LogP contribution < -0.4 is 22.5 Å². The Morgan fingerprint density at radius 3 is 1.19 bits per heavy atom. The third-order valence-electron chi connectivity index (χ3n) is 7.59. The van der Waals surface area contributed by atoms with Crippen LogP contribution in [0.2, 0.25) is 10.0 Å². The van der Waals surface area contributed by atoms with Gasteiger partial charge in [0.1, 0.15) is 9.40 Å². The van der Waals surface area contributed by atoms with E-state index in [2.05, 4.69) is 9.97 Å². The minimum absolute atomic E-state index is 0.330. The average molecular weight is 710 g/mol. The molecule has 0 atom stereocenters. The third-order valence-corrected chi connectivity index (χ3v) is 10.0. The zero-order valence-corrected chi connectivity index (χ0v) is 27.8. The van der Waals surface area contributed by atoms with Gasteiger partial charge in [-0.05, 0) is 59.7 Å². The van der Waals surface area contributed by atoms with Crippen LogP contribution in [0, 0.1) is 0 Å². The lowest BCUT2D eigenvalue weighted by Gasteiger charge is -2.05. The number of H-pyrrole nitrogens is 2. The van der Waals surface area contributed by atoms with Crippen molar-refractivity contribution >= 4 is 66.3 Å². The molecule has 8 nitrogen and oxygen atoms in total. The van der Waals surface area contributed by atoms with Gasteiger partial charge in [-0.25, -0.2) is 18.7 Å². The molecule has 0 fully saturated rings. The monoisotopic (exact) mass is 708 g/mol. The molecule has 0 aliphatic rings. The number of aromatic nitrogens is 4. The van der Waals surface area contributed by atoms with Crippen LogP contribution in [0.3, 0.4) is 0 Å². The molecular formula is C36H22Cl2N4O4S2. The number of fused-ring (bicyclic) bond motifs is 2. The zero-order valence-electron chi connectivity index (χ0n) is 24.6. The SMILES string of the molecule is O=c1[nH]c2c(-c3ccccc3)csc2c(=O)n1-c1ccc(Cl)cc1.O=c1[nH]c2c(-c3ccccc3)csc2c(=O)n1-c1ccc(Cl)cc1. The minimum atomic E-state index is -0.467. The van der Waals surface area contributed by atoms with Crippen molar-refractivity contribution in [3.63, 3.8) is 0 Å². The Labute approximate surface area is 289 Å². The molecular weight excluding hydrogens is 687 g/mol. The molecule has 2 N–H and O–H groups in total. The Kier molecular flexibility index (Phi) is 8.55. The first-order valence-corrected chi connectivity index (χ1v) is 17.0. The highest BCUT2D eigenvalue weighted by Gasteiger charge is 2.16. The average Bonchev–Trinajstić information content (AvgIpc) is 3.72. The molecule has 4 aromatic carbocycles. The number of nitrogens with one attached hydrogen (secondary N) is 2. The molecule has 48 heavy (non-hydrogen) atoms. The van der Waals surface area contributed by atoms with E-state index in [-0.39, 0.29) is 11.1 Å². The van der Waals surface area contributed by atoms with Crippen LogP contribution in [0.5, 0.6) is 0 Å². The number of nitrogens with zero attached hydrogens (tertiary/aromatic N) is 2. The Morgan fingerprint density at radius 1 is 0.479 bits per heavy atom. The number of aromatic amines is 2. The third kappa shape index (κ3) is 5.86. The van der Waals surface area contributed by atoms with E-state index in [9.17, 15) is 19.2 Å². The second-order valence-electron chi connectivity index (χ2n) is 10.5. The lowest BCUT2D eigenvalue weighted by Crippen LogP contribution is -2.33. The van der Waals surface area contributed by atoms with E-state index in [0.29, 0.717) is 41.9 Å². The van der Waals surface area contributed by atoms with Crippen molar-refractivity contribution in [1.29, 1.82) is 0 Å². The molecule has 0 saturated heterocycles. The predicted molar refractivity (Wildman–Crippen MR) is 197 cm³/mol. The molecule has 0 aliphatic carbocycles. The van der Waals surface area contributed by atoms with Gasteiger partial charge < -0.3 is 9.97 Å². The maximum atomic E-state index is 12.8. The first-order chi connectivity index (χ1) is 23.3. The number of halogens is 2. The Morgan fingerprint density at radius 2 is 0.833 bits per heavy atom. The minimum Gasteiger partial charge on any atom is -0.305 e. The van der Waals surface area contributed by atoms with Crippen LogP contribution in [-0.4, -0.2) is 19.1 Å². The Balaban J connectivity index is 0.000000152. The largest absolute Gasteiger partial charge is 0.333 e. The van der Waals surface area contributed by atoms with Crippen LogP contribution in [0.15, 0.2) is 139 Å². The van der Waals surface area contributed by atoms with Crippen molar-refractivity contribution in [2.45, 2.75) is 0 Å². The maximum absolute atomic E-state index is 12.8. The Bertz CT molecular complexity index is 2470. The lowest BCUT2D eigenvalue weighted by atomic mass is 10.1. The quantitative estimate of drug-likeness (QED) is 0.192. The van der Waals surface area contributed by atoms with Crippen LogP contribution in [0.25, 0.3) is 54.1 Å². The van der Waals surface area contributed by atoms with Gasteiger partial charge in [-0.3, -0.25) is 9.59 Å². The van der Waals surface area contributed by atoms with Gasteiger partial charge in [-0.1, -0.05) is 83.9 Å².